The lowest BCUT2D eigenvalue weighted by Gasteiger charge is -2.33. The van der Waals surface area contributed by atoms with Gasteiger partial charge in [0.15, 0.2) is 5.82 Å². The third-order valence-corrected chi connectivity index (χ3v) is 6.22. The second kappa shape index (κ2) is 7.77. The molecule has 1 N–H and O–H groups in total. The maximum absolute atomic E-state index is 14.0. The molecule has 5 rings (SSSR count). The molecule has 0 amide bonds. The molecular weight excluding hydrogens is 416 g/mol. The van der Waals surface area contributed by atoms with Gasteiger partial charge in [0.05, 0.1) is 6.54 Å². The smallest absolute Gasteiger partial charge is 0.274 e. The summed E-state index contributed by atoms with van der Waals surface area (Å²) in [6.07, 6.45) is 4.29. The molecule has 0 spiro atoms. The number of aromatic nitrogens is 4. The number of rotatable bonds is 3. The summed E-state index contributed by atoms with van der Waals surface area (Å²) in [4.78, 5) is 29.9. The van der Waals surface area contributed by atoms with Gasteiger partial charge in [-0.2, -0.15) is 0 Å². The number of pyridine rings is 2. The molecule has 1 saturated heterocycles. The standard InChI is InChI=1S/C22H25F2N7O/c1-29-9-5-17-15(12-29)10-16(20(32)30(17)2)27-21-26-11-14-4-7-25-19(18(14)28-21)31-8-3-6-22(23,24)13-31/h4,7,10-11H,3,5-6,8-9,12-13H2,1-2H3,(H,26,27,28). The lowest BCUT2D eigenvalue weighted by atomic mass is 10.1. The average molecular weight is 441 g/mol. The maximum Gasteiger partial charge on any atom is 0.274 e. The highest BCUT2D eigenvalue weighted by molar-refractivity contribution is 5.89. The number of halogens is 2. The van der Waals surface area contributed by atoms with E-state index in [1.165, 1.54) is 0 Å². The van der Waals surface area contributed by atoms with Gasteiger partial charge >= 0.3 is 0 Å². The number of nitrogens with zero attached hydrogens (tertiary/aromatic N) is 6. The van der Waals surface area contributed by atoms with Crippen LogP contribution in [0, 0.1) is 0 Å². The van der Waals surface area contributed by atoms with Crippen molar-refractivity contribution < 1.29 is 8.78 Å². The number of alkyl halides is 2. The van der Waals surface area contributed by atoms with Gasteiger partial charge in [0, 0.05) is 63.0 Å². The Balaban J connectivity index is 1.52. The lowest BCUT2D eigenvalue weighted by Crippen LogP contribution is -2.43. The van der Waals surface area contributed by atoms with Gasteiger partial charge in [0.1, 0.15) is 11.2 Å². The summed E-state index contributed by atoms with van der Waals surface area (Å²) < 4.78 is 29.7. The Bertz CT molecular complexity index is 1240. The molecule has 32 heavy (non-hydrogen) atoms. The van der Waals surface area contributed by atoms with E-state index in [0.717, 1.165) is 30.8 Å². The predicted octanol–water partition coefficient (Wildman–Crippen LogP) is 2.69. The summed E-state index contributed by atoms with van der Waals surface area (Å²) in [7, 11) is 3.82. The summed E-state index contributed by atoms with van der Waals surface area (Å²) in [6.45, 7) is 1.78. The van der Waals surface area contributed by atoms with Crippen LogP contribution in [-0.4, -0.2) is 57.0 Å². The Morgan fingerprint density at radius 1 is 1.19 bits per heavy atom. The van der Waals surface area contributed by atoms with Gasteiger partial charge in [0.25, 0.3) is 11.5 Å². The molecule has 0 radical (unpaired) electrons. The van der Waals surface area contributed by atoms with Crippen molar-refractivity contribution in [2.45, 2.75) is 31.7 Å². The van der Waals surface area contributed by atoms with Gasteiger partial charge in [-0.3, -0.25) is 4.79 Å². The SMILES string of the molecule is CN1CCc2c(cc(Nc3ncc4ccnc(N5CCCC(F)(F)C5)c4n3)c(=O)n2C)C1. The fourth-order valence-electron chi connectivity index (χ4n) is 4.56. The van der Waals surface area contributed by atoms with Crippen molar-refractivity contribution in [3.8, 4) is 0 Å². The number of hydrogen-bond acceptors (Lipinski definition) is 7. The van der Waals surface area contributed by atoms with Crippen LogP contribution in [0.3, 0.4) is 0 Å². The number of fused-ring (bicyclic) bond motifs is 2. The van der Waals surface area contributed by atoms with E-state index >= 15 is 0 Å². The average Bonchev–Trinajstić information content (AvgIpc) is 2.76. The van der Waals surface area contributed by atoms with E-state index in [2.05, 4.69) is 25.2 Å². The first kappa shape index (κ1) is 20.7. The first-order valence-electron chi connectivity index (χ1n) is 10.7. The van der Waals surface area contributed by atoms with Crippen molar-refractivity contribution in [3.05, 3.63) is 46.1 Å². The van der Waals surface area contributed by atoms with Crippen LogP contribution in [0.4, 0.5) is 26.2 Å². The molecule has 168 valence electrons. The van der Waals surface area contributed by atoms with Crippen LogP contribution < -0.4 is 15.8 Å². The molecular formula is C22H25F2N7O. The number of hydrogen-bond donors (Lipinski definition) is 1. The molecule has 0 unspecified atom stereocenters. The molecule has 8 nitrogen and oxygen atoms in total. The third-order valence-electron chi connectivity index (χ3n) is 6.22. The Morgan fingerprint density at radius 3 is 2.84 bits per heavy atom. The molecule has 0 aliphatic carbocycles. The topological polar surface area (TPSA) is 79.2 Å². The Hall–Kier alpha value is -3.14. The monoisotopic (exact) mass is 441 g/mol. The molecule has 5 heterocycles. The van der Waals surface area contributed by atoms with Gasteiger partial charge in [-0.05, 0) is 31.2 Å². The van der Waals surface area contributed by atoms with E-state index in [1.54, 1.807) is 35.0 Å². The van der Waals surface area contributed by atoms with E-state index in [9.17, 15) is 13.6 Å². The van der Waals surface area contributed by atoms with Crippen LogP contribution in [0.1, 0.15) is 24.1 Å². The van der Waals surface area contributed by atoms with Crippen molar-refractivity contribution in [3.63, 3.8) is 0 Å². The Morgan fingerprint density at radius 2 is 2.03 bits per heavy atom. The van der Waals surface area contributed by atoms with Gasteiger partial charge < -0.3 is 19.7 Å². The first-order chi connectivity index (χ1) is 15.3. The van der Waals surface area contributed by atoms with Crippen LogP contribution in [0.15, 0.2) is 29.3 Å². The first-order valence-corrected chi connectivity index (χ1v) is 10.7. The molecule has 1 fully saturated rings. The van der Waals surface area contributed by atoms with Crippen LogP contribution in [0.5, 0.6) is 0 Å². The van der Waals surface area contributed by atoms with Crippen LogP contribution in [0.2, 0.25) is 0 Å². The highest BCUT2D eigenvalue weighted by Gasteiger charge is 2.36. The van der Waals surface area contributed by atoms with Gasteiger partial charge in [0.2, 0.25) is 5.95 Å². The minimum absolute atomic E-state index is 0.118. The van der Waals surface area contributed by atoms with Crippen molar-refractivity contribution in [1.29, 1.82) is 0 Å². The number of likely N-dealkylation sites (N-methyl/N-ethyl adjacent to an activating group) is 1. The summed E-state index contributed by atoms with van der Waals surface area (Å²) >= 11 is 0. The second-order valence-electron chi connectivity index (χ2n) is 8.65. The third kappa shape index (κ3) is 3.79. The lowest BCUT2D eigenvalue weighted by molar-refractivity contribution is -0.0117. The fourth-order valence-corrected chi connectivity index (χ4v) is 4.56. The fraction of sp³-hybridized carbons (Fsp3) is 0.455. The molecule has 3 aromatic rings. The van der Waals surface area contributed by atoms with Gasteiger partial charge in [-0.1, -0.05) is 0 Å². The summed E-state index contributed by atoms with van der Waals surface area (Å²) in [6, 6.07) is 3.61. The number of anilines is 3. The summed E-state index contributed by atoms with van der Waals surface area (Å²) in [5.74, 6) is -2.11. The largest absolute Gasteiger partial charge is 0.349 e. The highest BCUT2D eigenvalue weighted by Crippen LogP contribution is 2.32. The van der Waals surface area contributed by atoms with Gasteiger partial charge in [-0.15, -0.1) is 0 Å². The van der Waals surface area contributed by atoms with Crippen molar-refractivity contribution in [1.82, 2.24) is 24.4 Å². The van der Waals surface area contributed by atoms with Crippen molar-refractivity contribution in [2.75, 3.05) is 36.9 Å². The molecule has 2 aliphatic rings. The van der Waals surface area contributed by atoms with E-state index < -0.39 is 5.92 Å². The molecule has 3 aromatic heterocycles. The van der Waals surface area contributed by atoms with Crippen LogP contribution >= 0.6 is 0 Å². The zero-order valence-corrected chi connectivity index (χ0v) is 18.1. The second-order valence-corrected chi connectivity index (χ2v) is 8.65. The van der Waals surface area contributed by atoms with Gasteiger partial charge in [-0.25, -0.2) is 23.7 Å². The zero-order valence-electron chi connectivity index (χ0n) is 18.1. The van der Waals surface area contributed by atoms with Crippen molar-refractivity contribution >= 4 is 28.4 Å². The Labute approximate surface area is 183 Å². The molecule has 0 bridgehead atoms. The van der Waals surface area contributed by atoms with Crippen LogP contribution in [-0.2, 0) is 20.0 Å². The molecule has 0 aromatic carbocycles. The van der Waals surface area contributed by atoms with E-state index in [1.807, 2.05) is 13.1 Å². The zero-order chi connectivity index (χ0) is 22.5. The van der Waals surface area contributed by atoms with E-state index in [4.69, 9.17) is 0 Å². The summed E-state index contributed by atoms with van der Waals surface area (Å²) in [5.41, 5.74) is 2.84. The molecule has 2 aliphatic heterocycles. The quantitative estimate of drug-likeness (QED) is 0.670. The van der Waals surface area contributed by atoms with E-state index in [-0.39, 0.29) is 24.5 Å². The minimum atomic E-state index is -2.75. The minimum Gasteiger partial charge on any atom is -0.349 e. The predicted molar refractivity (Wildman–Crippen MR) is 119 cm³/mol. The normalized spacial score (nSPS) is 18.6. The number of nitrogens with one attached hydrogen (secondary N) is 1. The van der Waals surface area contributed by atoms with Crippen LogP contribution in [0.25, 0.3) is 10.9 Å². The summed E-state index contributed by atoms with van der Waals surface area (Å²) in [5, 5.41) is 3.75. The molecule has 0 saturated carbocycles. The van der Waals surface area contributed by atoms with Crippen molar-refractivity contribution in [2.24, 2.45) is 7.05 Å². The number of piperidine rings is 1. The maximum atomic E-state index is 14.0. The van der Waals surface area contributed by atoms with E-state index in [0.29, 0.717) is 35.4 Å². The molecule has 10 heteroatoms. The molecule has 0 atom stereocenters. The highest BCUT2D eigenvalue weighted by atomic mass is 19.3. The Kier molecular flexibility index (Phi) is 5.04.